The zero-order valence-electron chi connectivity index (χ0n) is 13.8. The van der Waals surface area contributed by atoms with Gasteiger partial charge in [-0.1, -0.05) is 4.80 Å². The first-order chi connectivity index (χ1) is 12.3. The first-order valence-corrected chi connectivity index (χ1v) is 8.87. The molecule has 0 spiro atoms. The third kappa shape index (κ3) is 3.53. The minimum Gasteiger partial charge on any atom is -0.352 e. The number of aryl methyl sites for hydroxylation is 1. The van der Waals surface area contributed by atoms with Gasteiger partial charge in [0.2, 0.25) is 10.0 Å². The number of tetrazole rings is 1. The van der Waals surface area contributed by atoms with Gasteiger partial charge in [0.15, 0.2) is 0 Å². The van der Waals surface area contributed by atoms with Crippen LogP contribution in [0.5, 0.6) is 0 Å². The highest BCUT2D eigenvalue weighted by molar-refractivity contribution is 7.89. The van der Waals surface area contributed by atoms with Crippen LogP contribution in [0.15, 0.2) is 41.3 Å². The second kappa shape index (κ2) is 6.77. The molecule has 0 saturated carbocycles. The van der Waals surface area contributed by atoms with Gasteiger partial charge in [0.05, 0.1) is 26.9 Å². The van der Waals surface area contributed by atoms with Crippen molar-refractivity contribution < 1.29 is 22.0 Å². The smallest absolute Gasteiger partial charge is 0.340 e. The van der Waals surface area contributed by atoms with Gasteiger partial charge in [-0.05, 0) is 47.7 Å². The van der Waals surface area contributed by atoms with Crippen LogP contribution in [0.2, 0.25) is 0 Å². The lowest BCUT2D eigenvalue weighted by Crippen LogP contribution is -2.33. The summed E-state index contributed by atoms with van der Waals surface area (Å²) in [6.07, 6.45) is 0. The van der Waals surface area contributed by atoms with E-state index in [1.807, 2.05) is 0 Å². The van der Waals surface area contributed by atoms with Crippen molar-refractivity contribution in [1.82, 2.24) is 20.1 Å². The number of halogens is 2. The average molecular weight is 381 g/mol. The standard InChI is InChI=1S/C15H14F2N6O2S/c1-18-26(24,25)10-4-6-13(11(8-10)15-20-22-23(2)21-15)19-14-7-9(16)3-5-12(14)17/h3-8,18H,1-2H3,(H,19,21)/p+1. The number of benzene rings is 2. The van der Waals surface area contributed by atoms with Crippen molar-refractivity contribution in [3.05, 3.63) is 48.0 Å². The molecule has 3 rings (SSSR count). The lowest BCUT2D eigenvalue weighted by molar-refractivity contribution is -0.783. The Hall–Kier alpha value is -2.92. The number of aromatic nitrogens is 4. The van der Waals surface area contributed by atoms with Crippen LogP contribution in [0.3, 0.4) is 0 Å². The largest absolute Gasteiger partial charge is 0.352 e. The number of hydrogen-bond donors (Lipinski definition) is 3. The molecule has 0 bridgehead atoms. The highest BCUT2D eigenvalue weighted by Gasteiger charge is 2.21. The second-order valence-corrected chi connectivity index (χ2v) is 7.21. The summed E-state index contributed by atoms with van der Waals surface area (Å²) >= 11 is 0. The van der Waals surface area contributed by atoms with Crippen LogP contribution < -0.4 is 14.8 Å². The summed E-state index contributed by atoms with van der Waals surface area (Å²) in [7, 11) is -0.822. The van der Waals surface area contributed by atoms with E-state index in [1.54, 1.807) is 7.05 Å². The average Bonchev–Trinajstić information content (AvgIpc) is 3.04. The van der Waals surface area contributed by atoms with Gasteiger partial charge in [-0.2, -0.15) is 0 Å². The summed E-state index contributed by atoms with van der Waals surface area (Å²) in [4.78, 5) is 1.30. The van der Waals surface area contributed by atoms with E-state index in [9.17, 15) is 17.2 Å². The van der Waals surface area contributed by atoms with Gasteiger partial charge in [-0.25, -0.2) is 21.9 Å². The van der Waals surface area contributed by atoms with Crippen molar-refractivity contribution in [1.29, 1.82) is 0 Å². The Bertz CT molecular complexity index is 1070. The van der Waals surface area contributed by atoms with E-state index in [2.05, 4.69) is 25.4 Å². The Balaban J connectivity index is 2.14. The fraction of sp³-hybridized carbons (Fsp3) is 0.133. The van der Waals surface area contributed by atoms with Crippen molar-refractivity contribution in [2.75, 3.05) is 12.4 Å². The van der Waals surface area contributed by atoms with Crippen molar-refractivity contribution in [2.24, 2.45) is 7.05 Å². The molecule has 2 aromatic carbocycles. The lowest BCUT2D eigenvalue weighted by Gasteiger charge is -2.11. The Morgan fingerprint density at radius 3 is 2.54 bits per heavy atom. The van der Waals surface area contributed by atoms with Crippen LogP contribution in [0.25, 0.3) is 11.4 Å². The van der Waals surface area contributed by atoms with E-state index in [0.717, 1.165) is 18.2 Å². The molecule has 1 heterocycles. The number of H-pyrrole nitrogens is 1. The van der Waals surface area contributed by atoms with Crippen molar-refractivity contribution >= 4 is 21.4 Å². The van der Waals surface area contributed by atoms with E-state index in [-0.39, 0.29) is 16.4 Å². The number of hydrogen-bond acceptors (Lipinski definition) is 5. The zero-order valence-corrected chi connectivity index (χ0v) is 14.6. The Morgan fingerprint density at radius 2 is 1.88 bits per heavy atom. The summed E-state index contributed by atoms with van der Waals surface area (Å²) in [5.74, 6) is -1.10. The molecule has 0 fully saturated rings. The molecule has 0 unspecified atom stereocenters. The maximum atomic E-state index is 13.9. The Morgan fingerprint density at radius 1 is 1.12 bits per heavy atom. The number of sulfonamides is 1. The number of nitrogens with zero attached hydrogens (tertiary/aromatic N) is 3. The molecule has 3 N–H and O–H groups in total. The monoisotopic (exact) mass is 381 g/mol. The van der Waals surface area contributed by atoms with Gasteiger partial charge in [-0.3, -0.25) is 0 Å². The summed E-state index contributed by atoms with van der Waals surface area (Å²) in [6, 6.07) is 7.09. The second-order valence-electron chi connectivity index (χ2n) is 5.32. The normalized spacial score (nSPS) is 11.5. The molecule has 0 atom stereocenters. The predicted molar refractivity (Wildman–Crippen MR) is 88.9 cm³/mol. The van der Waals surface area contributed by atoms with Gasteiger partial charge in [0.1, 0.15) is 18.7 Å². The number of anilines is 2. The molecular formula is C15H15F2N6O2S+. The summed E-state index contributed by atoms with van der Waals surface area (Å²) in [5, 5.41) is 13.4. The highest BCUT2D eigenvalue weighted by Crippen LogP contribution is 2.31. The molecule has 8 nitrogen and oxygen atoms in total. The molecule has 0 aliphatic rings. The van der Waals surface area contributed by atoms with Crippen molar-refractivity contribution in [2.45, 2.75) is 4.90 Å². The van der Waals surface area contributed by atoms with E-state index >= 15 is 0 Å². The maximum Gasteiger partial charge on any atom is 0.340 e. The SMILES string of the molecule is CNS(=O)(=O)c1ccc(Nc2cc(F)ccc2F)c(-c2n[nH][n+](C)n2)c1. The molecule has 0 saturated heterocycles. The van der Waals surface area contributed by atoms with Gasteiger partial charge in [0, 0.05) is 6.07 Å². The van der Waals surface area contributed by atoms with Crippen LogP contribution in [-0.4, -0.2) is 30.9 Å². The van der Waals surface area contributed by atoms with Crippen molar-refractivity contribution in [3.63, 3.8) is 0 Å². The first kappa shape index (κ1) is 17.9. The predicted octanol–water partition coefficient (Wildman–Crippen LogP) is 1.23. The zero-order chi connectivity index (χ0) is 18.9. The van der Waals surface area contributed by atoms with Crippen LogP contribution >= 0.6 is 0 Å². The lowest BCUT2D eigenvalue weighted by atomic mass is 10.1. The van der Waals surface area contributed by atoms with Gasteiger partial charge >= 0.3 is 5.82 Å². The van der Waals surface area contributed by atoms with Gasteiger partial charge < -0.3 is 5.32 Å². The minimum absolute atomic E-state index is 0.0206. The van der Waals surface area contributed by atoms with Gasteiger partial charge in [0.25, 0.3) is 0 Å². The molecule has 11 heteroatoms. The van der Waals surface area contributed by atoms with Crippen molar-refractivity contribution in [3.8, 4) is 11.4 Å². The molecule has 0 aliphatic carbocycles. The topological polar surface area (TPSA) is 104 Å². The molecular weight excluding hydrogens is 366 g/mol. The first-order valence-electron chi connectivity index (χ1n) is 7.39. The third-order valence-corrected chi connectivity index (χ3v) is 4.97. The molecule has 26 heavy (non-hydrogen) atoms. The highest BCUT2D eigenvalue weighted by atomic mass is 32.2. The molecule has 0 aliphatic heterocycles. The minimum atomic E-state index is -3.71. The van der Waals surface area contributed by atoms with Gasteiger partial charge in [-0.15, -0.1) is 0 Å². The Kier molecular flexibility index (Phi) is 4.66. The van der Waals surface area contributed by atoms with E-state index < -0.39 is 21.7 Å². The number of nitrogens with one attached hydrogen (secondary N) is 3. The third-order valence-electron chi connectivity index (χ3n) is 3.55. The quantitative estimate of drug-likeness (QED) is 0.577. The summed E-state index contributed by atoms with van der Waals surface area (Å²) in [5.41, 5.74) is 0.501. The maximum absolute atomic E-state index is 13.9. The number of rotatable bonds is 5. The molecule has 0 radical (unpaired) electrons. The summed E-state index contributed by atoms with van der Waals surface area (Å²) < 4.78 is 53.7. The molecule has 136 valence electrons. The molecule has 3 aromatic rings. The van der Waals surface area contributed by atoms with Crippen LogP contribution in [0.4, 0.5) is 20.2 Å². The molecule has 0 amide bonds. The molecule has 1 aromatic heterocycles. The van der Waals surface area contributed by atoms with E-state index in [4.69, 9.17) is 0 Å². The summed E-state index contributed by atoms with van der Waals surface area (Å²) in [6.45, 7) is 0. The van der Waals surface area contributed by atoms with Crippen LogP contribution in [0, 0.1) is 11.6 Å². The van der Waals surface area contributed by atoms with Crippen LogP contribution in [-0.2, 0) is 17.1 Å². The number of aromatic amines is 1. The van der Waals surface area contributed by atoms with E-state index in [0.29, 0.717) is 11.3 Å². The fourth-order valence-corrected chi connectivity index (χ4v) is 3.02. The fourth-order valence-electron chi connectivity index (χ4n) is 2.26. The van der Waals surface area contributed by atoms with Crippen LogP contribution in [0.1, 0.15) is 0 Å². The van der Waals surface area contributed by atoms with E-state index in [1.165, 1.54) is 30.0 Å². The Labute approximate surface area is 147 Å².